The van der Waals surface area contributed by atoms with Crippen LogP contribution in [0.15, 0.2) is 25.0 Å². The average Bonchev–Trinajstić information content (AvgIpc) is 3.24. The highest BCUT2D eigenvalue weighted by Gasteiger charge is 2.38. The van der Waals surface area contributed by atoms with Crippen LogP contribution in [0.2, 0.25) is 0 Å². The van der Waals surface area contributed by atoms with Crippen molar-refractivity contribution >= 4 is 33.1 Å². The molecule has 196 valence electrons. The van der Waals surface area contributed by atoms with Crippen molar-refractivity contribution in [2.45, 2.75) is 31.9 Å². The molecule has 2 aromatic rings. The SMILES string of the molecule is C=CC(=O)N1CC[C@@H](N2CC(c3cc4c(c(C)n3)OCc3c(ncnc3N3CCS(=O)(=O)CC3)N4)C2)C1. The summed E-state index contributed by atoms with van der Waals surface area (Å²) in [7, 11) is -2.99. The minimum atomic E-state index is -2.99. The molecule has 0 radical (unpaired) electrons. The second-order valence-corrected chi connectivity index (χ2v) is 12.5. The summed E-state index contributed by atoms with van der Waals surface area (Å²) < 4.78 is 30.0. The highest BCUT2D eigenvalue weighted by molar-refractivity contribution is 7.91. The molecule has 6 heterocycles. The number of rotatable bonds is 4. The standard InChI is InChI=1S/C25H31N7O4S/c1-3-22(33)31-5-4-18(13-31)32-11-17(12-32)20-10-21-23(16(2)28-20)36-14-19-24(29-21)26-15-27-25(19)30-6-8-37(34,35)9-7-30/h3,10,15,17-18H,1,4-9,11-14H2,2H3,(H,26,27,29)/t18-/m1/s1. The monoisotopic (exact) mass is 525 g/mol. The minimum absolute atomic E-state index is 0.00580. The third-order valence-electron chi connectivity index (χ3n) is 7.84. The lowest BCUT2D eigenvalue weighted by Gasteiger charge is -2.43. The number of hydrogen-bond donors (Lipinski definition) is 1. The Balaban J connectivity index is 1.18. The van der Waals surface area contributed by atoms with Crippen molar-refractivity contribution in [1.29, 1.82) is 0 Å². The lowest BCUT2D eigenvalue weighted by molar-refractivity contribution is -0.125. The Morgan fingerprint density at radius 1 is 1.19 bits per heavy atom. The Labute approximate surface area is 216 Å². The number of nitrogens with one attached hydrogen (secondary N) is 1. The molecule has 0 spiro atoms. The molecule has 1 N–H and O–H groups in total. The first-order valence-electron chi connectivity index (χ1n) is 12.7. The number of amides is 1. The van der Waals surface area contributed by atoms with Crippen molar-refractivity contribution in [2.75, 3.05) is 61.0 Å². The van der Waals surface area contributed by atoms with E-state index in [1.54, 1.807) is 0 Å². The van der Waals surface area contributed by atoms with Crippen molar-refractivity contribution in [3.8, 4) is 5.75 Å². The summed E-state index contributed by atoms with van der Waals surface area (Å²) in [5, 5.41) is 3.45. The van der Waals surface area contributed by atoms with Crippen LogP contribution in [0.1, 0.15) is 29.3 Å². The summed E-state index contributed by atoms with van der Waals surface area (Å²) in [6.07, 6.45) is 3.89. The van der Waals surface area contributed by atoms with Crippen molar-refractivity contribution < 1.29 is 17.9 Å². The number of sulfone groups is 1. The zero-order valence-corrected chi connectivity index (χ0v) is 21.7. The molecule has 6 rings (SSSR count). The van der Waals surface area contributed by atoms with E-state index in [-0.39, 0.29) is 24.0 Å². The molecule has 4 aliphatic rings. The van der Waals surface area contributed by atoms with E-state index >= 15 is 0 Å². The van der Waals surface area contributed by atoms with Gasteiger partial charge in [-0.15, -0.1) is 0 Å². The number of aromatic nitrogens is 3. The van der Waals surface area contributed by atoms with Gasteiger partial charge in [0.25, 0.3) is 0 Å². The molecule has 3 fully saturated rings. The quantitative estimate of drug-likeness (QED) is 0.584. The van der Waals surface area contributed by atoms with Crippen molar-refractivity contribution in [1.82, 2.24) is 24.8 Å². The summed E-state index contributed by atoms with van der Waals surface area (Å²) in [5.74, 6) is 2.63. The largest absolute Gasteiger partial charge is 0.485 e. The topological polar surface area (TPSA) is 121 Å². The number of aryl methyl sites for hydroxylation is 1. The summed E-state index contributed by atoms with van der Waals surface area (Å²) >= 11 is 0. The van der Waals surface area contributed by atoms with Gasteiger partial charge in [-0.05, 0) is 25.5 Å². The summed E-state index contributed by atoms with van der Waals surface area (Å²) in [4.78, 5) is 32.1. The smallest absolute Gasteiger partial charge is 0.246 e. The van der Waals surface area contributed by atoms with E-state index in [2.05, 4.69) is 32.8 Å². The van der Waals surface area contributed by atoms with Crippen LogP contribution in [0.4, 0.5) is 17.3 Å². The predicted molar refractivity (Wildman–Crippen MR) is 139 cm³/mol. The third-order valence-corrected chi connectivity index (χ3v) is 9.45. The van der Waals surface area contributed by atoms with Gasteiger partial charge in [0.1, 0.15) is 24.6 Å². The van der Waals surface area contributed by atoms with Gasteiger partial charge in [0.05, 0.1) is 28.5 Å². The Morgan fingerprint density at radius 2 is 1.97 bits per heavy atom. The van der Waals surface area contributed by atoms with E-state index in [0.717, 1.165) is 55.2 Å². The van der Waals surface area contributed by atoms with E-state index in [1.807, 2.05) is 16.7 Å². The van der Waals surface area contributed by atoms with E-state index in [9.17, 15) is 13.2 Å². The summed E-state index contributed by atoms with van der Waals surface area (Å²) in [6, 6.07) is 2.44. The Morgan fingerprint density at radius 3 is 2.73 bits per heavy atom. The molecule has 1 atom stereocenters. The van der Waals surface area contributed by atoms with Gasteiger partial charge in [-0.3, -0.25) is 14.7 Å². The fraction of sp³-hybridized carbons (Fsp3) is 0.520. The van der Waals surface area contributed by atoms with Gasteiger partial charge >= 0.3 is 0 Å². The number of hydrogen-bond acceptors (Lipinski definition) is 10. The maximum atomic E-state index is 11.9. The molecule has 12 heteroatoms. The van der Waals surface area contributed by atoms with Crippen molar-refractivity contribution in [3.63, 3.8) is 0 Å². The van der Waals surface area contributed by atoms with Gasteiger partial charge in [-0.1, -0.05) is 6.58 Å². The fourth-order valence-electron chi connectivity index (χ4n) is 5.65. The van der Waals surface area contributed by atoms with Gasteiger partial charge < -0.3 is 19.9 Å². The van der Waals surface area contributed by atoms with E-state index < -0.39 is 9.84 Å². The minimum Gasteiger partial charge on any atom is -0.485 e. The first-order valence-corrected chi connectivity index (χ1v) is 14.5. The van der Waals surface area contributed by atoms with Crippen LogP contribution in [0.5, 0.6) is 5.75 Å². The molecule has 0 aromatic carbocycles. The van der Waals surface area contributed by atoms with E-state index in [4.69, 9.17) is 9.72 Å². The molecule has 3 saturated heterocycles. The Bertz CT molecular complexity index is 1350. The summed E-state index contributed by atoms with van der Waals surface area (Å²) in [5.41, 5.74) is 3.47. The first kappa shape index (κ1) is 24.1. The summed E-state index contributed by atoms with van der Waals surface area (Å²) in [6.45, 7) is 9.99. The maximum absolute atomic E-state index is 11.9. The number of anilines is 3. The number of carbonyl (C=O) groups excluding carboxylic acids is 1. The van der Waals surface area contributed by atoms with Crippen molar-refractivity contribution in [2.24, 2.45) is 0 Å². The lowest BCUT2D eigenvalue weighted by atomic mass is 9.92. The molecular formula is C25H31N7O4S. The molecule has 2 aromatic heterocycles. The molecule has 0 bridgehead atoms. The number of fused-ring (bicyclic) bond motifs is 2. The van der Waals surface area contributed by atoms with E-state index in [1.165, 1.54) is 12.4 Å². The predicted octanol–water partition coefficient (Wildman–Crippen LogP) is 1.24. The fourth-order valence-corrected chi connectivity index (χ4v) is 6.85. The maximum Gasteiger partial charge on any atom is 0.246 e. The Hall–Kier alpha value is -3.25. The first-order chi connectivity index (χ1) is 17.8. The number of carbonyl (C=O) groups is 1. The highest BCUT2D eigenvalue weighted by Crippen LogP contribution is 2.40. The highest BCUT2D eigenvalue weighted by atomic mass is 32.2. The van der Waals surface area contributed by atoms with Crippen LogP contribution < -0.4 is 15.0 Å². The van der Waals surface area contributed by atoms with Gasteiger partial charge in [0.15, 0.2) is 15.6 Å². The molecule has 0 saturated carbocycles. The molecular weight excluding hydrogens is 494 g/mol. The molecule has 0 aliphatic carbocycles. The normalized spacial score (nSPS) is 23.2. The van der Waals surface area contributed by atoms with Gasteiger partial charge in [0.2, 0.25) is 5.91 Å². The zero-order chi connectivity index (χ0) is 25.7. The number of pyridine rings is 1. The van der Waals surface area contributed by atoms with Gasteiger partial charge in [0, 0.05) is 56.9 Å². The van der Waals surface area contributed by atoms with Crippen LogP contribution in [0, 0.1) is 6.92 Å². The average molecular weight is 526 g/mol. The van der Waals surface area contributed by atoms with Crippen molar-refractivity contribution in [3.05, 3.63) is 42.0 Å². The number of nitrogens with zero attached hydrogens (tertiary/aromatic N) is 6. The zero-order valence-electron chi connectivity index (χ0n) is 20.9. The second-order valence-electron chi connectivity index (χ2n) is 10.2. The van der Waals surface area contributed by atoms with Crippen LogP contribution >= 0.6 is 0 Å². The van der Waals surface area contributed by atoms with Crippen LogP contribution in [-0.2, 0) is 21.2 Å². The number of likely N-dealkylation sites (tertiary alicyclic amines) is 2. The molecule has 11 nitrogen and oxygen atoms in total. The number of ether oxygens (including phenoxy) is 1. The second kappa shape index (κ2) is 9.25. The van der Waals surface area contributed by atoms with Crippen LogP contribution in [-0.4, -0.2) is 95.9 Å². The third kappa shape index (κ3) is 4.52. The molecule has 37 heavy (non-hydrogen) atoms. The molecule has 0 unspecified atom stereocenters. The van der Waals surface area contributed by atoms with Crippen LogP contribution in [0.3, 0.4) is 0 Å². The molecule has 4 aliphatic heterocycles. The van der Waals surface area contributed by atoms with Gasteiger partial charge in [-0.25, -0.2) is 18.4 Å². The van der Waals surface area contributed by atoms with E-state index in [0.29, 0.717) is 42.4 Å². The molecule has 1 amide bonds. The Kier molecular flexibility index (Phi) is 6.03. The van der Waals surface area contributed by atoms with Gasteiger partial charge in [-0.2, -0.15) is 0 Å². The van der Waals surface area contributed by atoms with Crippen LogP contribution in [0.25, 0.3) is 0 Å². The lowest BCUT2D eigenvalue weighted by Crippen LogP contribution is -2.52.